The number of aromatic nitrogens is 4. The molecule has 96 valence electrons. The third-order valence-corrected chi connectivity index (χ3v) is 3.71. The first kappa shape index (κ1) is 12.8. The molecule has 0 saturated carbocycles. The van der Waals surface area contributed by atoms with Crippen LogP contribution in [0.5, 0.6) is 0 Å². The van der Waals surface area contributed by atoms with Crippen LogP contribution in [0.4, 0.5) is 0 Å². The molecule has 6 nitrogen and oxygen atoms in total. The third kappa shape index (κ3) is 2.61. The van der Waals surface area contributed by atoms with Gasteiger partial charge in [-0.15, -0.1) is 0 Å². The molecule has 1 N–H and O–H groups in total. The zero-order valence-electron chi connectivity index (χ0n) is 10.2. The predicted octanol–water partition coefficient (Wildman–Crippen LogP) is 1.79. The molecule has 0 aliphatic heterocycles. The summed E-state index contributed by atoms with van der Waals surface area (Å²) >= 11 is 1.37. The average Bonchev–Trinajstić information content (AvgIpc) is 2.85. The van der Waals surface area contributed by atoms with Gasteiger partial charge in [-0.25, -0.2) is 15.0 Å². The van der Waals surface area contributed by atoms with E-state index in [2.05, 4.69) is 19.9 Å². The van der Waals surface area contributed by atoms with E-state index in [0.29, 0.717) is 18.7 Å². The van der Waals surface area contributed by atoms with Crippen LogP contribution in [-0.4, -0.2) is 37.8 Å². The summed E-state index contributed by atoms with van der Waals surface area (Å²) in [6, 6.07) is 0. The highest BCUT2D eigenvalue weighted by molar-refractivity contribution is 8.00. The van der Waals surface area contributed by atoms with E-state index in [9.17, 15) is 4.79 Å². The fourth-order valence-electron chi connectivity index (χ4n) is 1.50. The number of carbonyl (C=O) groups excluding carboxylic acids is 1. The van der Waals surface area contributed by atoms with Gasteiger partial charge in [-0.2, -0.15) is 0 Å². The number of nitrogens with one attached hydrogen (secondary N) is 1. The highest BCUT2D eigenvalue weighted by atomic mass is 32.2. The second-order valence-electron chi connectivity index (χ2n) is 3.55. The third-order valence-electron chi connectivity index (χ3n) is 2.36. The minimum absolute atomic E-state index is 0.212. The van der Waals surface area contributed by atoms with Crippen molar-refractivity contribution >= 4 is 28.9 Å². The molecule has 0 bridgehead atoms. The van der Waals surface area contributed by atoms with Crippen LogP contribution in [0.2, 0.25) is 0 Å². The standard InChI is InChI=1S/C11H14N4O2S/c1-3-7(11(16)17-4-2)18-10-8-9(13-5-12-8)14-6-15-10/h5-7H,3-4H2,1-2H3,(H,12,13,14,15)/t7-/m1/s1. The van der Waals surface area contributed by atoms with Gasteiger partial charge >= 0.3 is 5.97 Å². The fourth-order valence-corrected chi connectivity index (χ4v) is 2.48. The summed E-state index contributed by atoms with van der Waals surface area (Å²) in [7, 11) is 0. The molecule has 1 atom stereocenters. The zero-order chi connectivity index (χ0) is 13.0. The molecule has 2 rings (SSSR count). The molecule has 2 aromatic heterocycles. The lowest BCUT2D eigenvalue weighted by Crippen LogP contribution is -2.19. The summed E-state index contributed by atoms with van der Waals surface area (Å²) in [4.78, 5) is 27.0. The van der Waals surface area contributed by atoms with E-state index in [1.54, 1.807) is 13.3 Å². The Morgan fingerprint density at radius 1 is 1.44 bits per heavy atom. The van der Waals surface area contributed by atoms with E-state index < -0.39 is 0 Å². The lowest BCUT2D eigenvalue weighted by atomic mass is 10.3. The van der Waals surface area contributed by atoms with Crippen LogP contribution >= 0.6 is 11.8 Å². The SMILES string of the molecule is CCOC(=O)[C@@H](CC)Sc1ncnc2nc[nH]c12. The molecular weight excluding hydrogens is 252 g/mol. The molecule has 0 saturated heterocycles. The second kappa shape index (κ2) is 5.81. The van der Waals surface area contributed by atoms with Crippen molar-refractivity contribution in [3.8, 4) is 0 Å². The minimum Gasteiger partial charge on any atom is -0.465 e. The number of nitrogens with zero attached hydrogens (tertiary/aromatic N) is 3. The van der Waals surface area contributed by atoms with E-state index in [0.717, 1.165) is 10.5 Å². The Balaban J connectivity index is 2.21. The maximum Gasteiger partial charge on any atom is 0.319 e. The number of hydrogen-bond donors (Lipinski definition) is 1. The number of H-pyrrole nitrogens is 1. The summed E-state index contributed by atoms with van der Waals surface area (Å²) in [6.45, 7) is 4.13. The summed E-state index contributed by atoms with van der Waals surface area (Å²) in [6.07, 6.45) is 3.70. The summed E-state index contributed by atoms with van der Waals surface area (Å²) in [5.41, 5.74) is 1.36. The Hall–Kier alpha value is -1.63. The van der Waals surface area contributed by atoms with E-state index in [-0.39, 0.29) is 11.2 Å². The molecule has 0 aromatic carbocycles. The van der Waals surface area contributed by atoms with Crippen LogP contribution in [0.15, 0.2) is 17.7 Å². The Morgan fingerprint density at radius 2 is 2.28 bits per heavy atom. The van der Waals surface area contributed by atoms with Gasteiger partial charge in [-0.1, -0.05) is 18.7 Å². The first-order valence-corrected chi connectivity index (χ1v) is 6.61. The topological polar surface area (TPSA) is 80.8 Å². The lowest BCUT2D eigenvalue weighted by Gasteiger charge is -2.12. The molecule has 0 spiro atoms. The molecule has 0 fully saturated rings. The Morgan fingerprint density at radius 3 is 3.00 bits per heavy atom. The fraction of sp³-hybridized carbons (Fsp3) is 0.455. The van der Waals surface area contributed by atoms with Gasteiger partial charge in [0, 0.05) is 0 Å². The van der Waals surface area contributed by atoms with Gasteiger partial charge in [0.1, 0.15) is 22.1 Å². The largest absolute Gasteiger partial charge is 0.465 e. The van der Waals surface area contributed by atoms with Crippen molar-refractivity contribution in [2.75, 3.05) is 6.61 Å². The van der Waals surface area contributed by atoms with E-state index in [4.69, 9.17) is 4.74 Å². The average molecular weight is 266 g/mol. The Bertz CT molecular complexity index is 543. The van der Waals surface area contributed by atoms with Crippen molar-refractivity contribution in [3.63, 3.8) is 0 Å². The van der Waals surface area contributed by atoms with E-state index >= 15 is 0 Å². The lowest BCUT2D eigenvalue weighted by molar-refractivity contribution is -0.142. The maximum atomic E-state index is 11.7. The van der Waals surface area contributed by atoms with Crippen LogP contribution in [-0.2, 0) is 9.53 Å². The van der Waals surface area contributed by atoms with Crippen LogP contribution in [0.3, 0.4) is 0 Å². The van der Waals surface area contributed by atoms with Crippen molar-refractivity contribution in [2.24, 2.45) is 0 Å². The number of fused-ring (bicyclic) bond motifs is 1. The first-order valence-electron chi connectivity index (χ1n) is 5.73. The van der Waals surface area contributed by atoms with Crippen LogP contribution < -0.4 is 0 Å². The normalized spacial score (nSPS) is 12.6. The van der Waals surface area contributed by atoms with Gasteiger partial charge in [0.15, 0.2) is 5.65 Å². The van der Waals surface area contributed by atoms with Crippen LogP contribution in [0, 0.1) is 0 Å². The van der Waals surface area contributed by atoms with Gasteiger partial charge in [0.05, 0.1) is 12.9 Å². The van der Waals surface area contributed by atoms with Gasteiger partial charge in [-0.05, 0) is 13.3 Å². The first-order chi connectivity index (χ1) is 8.76. The van der Waals surface area contributed by atoms with Crippen molar-refractivity contribution in [3.05, 3.63) is 12.7 Å². The summed E-state index contributed by atoms with van der Waals surface area (Å²) in [5.74, 6) is -0.212. The number of carbonyl (C=O) groups is 1. The molecular formula is C11H14N4O2S. The minimum atomic E-state index is -0.258. The molecule has 2 aromatic rings. The maximum absolute atomic E-state index is 11.7. The molecule has 18 heavy (non-hydrogen) atoms. The number of esters is 1. The number of rotatable bonds is 5. The number of aromatic amines is 1. The molecule has 7 heteroatoms. The van der Waals surface area contributed by atoms with Gasteiger partial charge in [-0.3, -0.25) is 4.79 Å². The number of hydrogen-bond acceptors (Lipinski definition) is 6. The molecule has 0 aliphatic rings. The van der Waals surface area contributed by atoms with Crippen LogP contribution in [0.25, 0.3) is 11.2 Å². The highest BCUT2D eigenvalue weighted by Gasteiger charge is 2.21. The van der Waals surface area contributed by atoms with Crippen LogP contribution in [0.1, 0.15) is 20.3 Å². The van der Waals surface area contributed by atoms with Gasteiger partial charge in [0.25, 0.3) is 0 Å². The van der Waals surface area contributed by atoms with Gasteiger partial charge < -0.3 is 9.72 Å². The van der Waals surface area contributed by atoms with Gasteiger partial charge in [0.2, 0.25) is 0 Å². The number of imidazole rings is 1. The van der Waals surface area contributed by atoms with Crippen molar-refractivity contribution in [1.29, 1.82) is 0 Å². The molecule has 0 aliphatic carbocycles. The zero-order valence-corrected chi connectivity index (χ0v) is 11.0. The molecule has 2 heterocycles. The molecule has 0 amide bonds. The highest BCUT2D eigenvalue weighted by Crippen LogP contribution is 2.28. The van der Waals surface area contributed by atoms with Crippen molar-refractivity contribution in [1.82, 2.24) is 19.9 Å². The van der Waals surface area contributed by atoms with Crippen molar-refractivity contribution in [2.45, 2.75) is 30.5 Å². The smallest absolute Gasteiger partial charge is 0.319 e. The molecule has 0 unspecified atom stereocenters. The second-order valence-corrected chi connectivity index (χ2v) is 4.74. The number of ether oxygens (including phenoxy) is 1. The number of thioether (sulfide) groups is 1. The van der Waals surface area contributed by atoms with Crippen molar-refractivity contribution < 1.29 is 9.53 Å². The Kier molecular flexibility index (Phi) is 4.14. The predicted molar refractivity (Wildman–Crippen MR) is 68.3 cm³/mol. The molecule has 0 radical (unpaired) electrons. The summed E-state index contributed by atoms with van der Waals surface area (Å²) < 4.78 is 5.03. The van der Waals surface area contributed by atoms with E-state index in [1.165, 1.54) is 18.1 Å². The summed E-state index contributed by atoms with van der Waals surface area (Å²) in [5, 5.41) is 0.462. The quantitative estimate of drug-likeness (QED) is 0.505. The Labute approximate surface area is 109 Å². The van der Waals surface area contributed by atoms with E-state index in [1.807, 2.05) is 6.92 Å². The monoisotopic (exact) mass is 266 g/mol.